The molecule has 0 amide bonds. The minimum atomic E-state index is 0.304. The van der Waals surface area contributed by atoms with E-state index >= 15 is 0 Å². The first kappa shape index (κ1) is 18.6. The second-order valence-corrected chi connectivity index (χ2v) is 7.96. The van der Waals surface area contributed by atoms with E-state index in [0.717, 1.165) is 23.8 Å². The average molecular weight is 381 g/mol. The number of hydrogen-bond acceptors (Lipinski definition) is 2. The SMILES string of the molecule is Cc1cccc(NC(=S)N(Cc2ccccc2)[C@H](C)Cc2cccs2)c1. The van der Waals surface area contributed by atoms with Crippen LogP contribution >= 0.6 is 23.6 Å². The molecule has 0 spiro atoms. The van der Waals surface area contributed by atoms with Crippen molar-refractivity contribution in [3.8, 4) is 0 Å². The van der Waals surface area contributed by atoms with E-state index in [4.69, 9.17) is 12.2 Å². The summed E-state index contributed by atoms with van der Waals surface area (Å²) in [7, 11) is 0. The lowest BCUT2D eigenvalue weighted by atomic mass is 10.1. The van der Waals surface area contributed by atoms with Crippen LogP contribution in [0, 0.1) is 6.92 Å². The summed E-state index contributed by atoms with van der Waals surface area (Å²) >= 11 is 7.59. The van der Waals surface area contributed by atoms with Crippen LogP contribution in [0.4, 0.5) is 5.69 Å². The minimum Gasteiger partial charge on any atom is -0.342 e. The van der Waals surface area contributed by atoms with Crippen LogP contribution in [-0.2, 0) is 13.0 Å². The van der Waals surface area contributed by atoms with Crippen molar-refractivity contribution in [3.05, 3.63) is 88.1 Å². The lowest BCUT2D eigenvalue weighted by Gasteiger charge is -2.32. The molecule has 2 aromatic carbocycles. The molecule has 0 aliphatic carbocycles. The van der Waals surface area contributed by atoms with E-state index in [2.05, 4.69) is 90.1 Å². The third kappa shape index (κ3) is 5.16. The summed E-state index contributed by atoms with van der Waals surface area (Å²) < 4.78 is 0. The molecular formula is C22H24N2S2. The molecule has 0 aliphatic rings. The molecule has 3 aromatic rings. The number of aryl methyl sites for hydroxylation is 1. The van der Waals surface area contributed by atoms with Crippen LogP contribution < -0.4 is 5.32 Å². The standard InChI is InChI=1S/C22H24N2S2/c1-17-8-6-11-20(14-17)23-22(25)24(16-19-9-4-3-5-10-19)18(2)15-21-12-7-13-26-21/h3-14,18H,15-16H2,1-2H3,(H,23,25)/t18-/m1/s1. The van der Waals surface area contributed by atoms with Gasteiger partial charge in [0, 0.05) is 29.6 Å². The zero-order chi connectivity index (χ0) is 18.4. The van der Waals surface area contributed by atoms with Gasteiger partial charge in [0.1, 0.15) is 0 Å². The Balaban J connectivity index is 1.77. The summed E-state index contributed by atoms with van der Waals surface area (Å²) in [5.74, 6) is 0. The first-order valence-corrected chi connectivity index (χ1v) is 10.1. The van der Waals surface area contributed by atoms with Crippen molar-refractivity contribution < 1.29 is 0 Å². The summed E-state index contributed by atoms with van der Waals surface area (Å²) in [5, 5.41) is 6.32. The number of benzene rings is 2. The smallest absolute Gasteiger partial charge is 0.173 e. The van der Waals surface area contributed by atoms with Crippen LogP contribution in [0.15, 0.2) is 72.1 Å². The fourth-order valence-electron chi connectivity index (χ4n) is 2.96. The van der Waals surface area contributed by atoms with Crippen LogP contribution in [0.2, 0.25) is 0 Å². The van der Waals surface area contributed by atoms with Crippen molar-refractivity contribution in [2.24, 2.45) is 0 Å². The summed E-state index contributed by atoms with van der Waals surface area (Å²) in [4.78, 5) is 3.67. The van der Waals surface area contributed by atoms with Gasteiger partial charge in [0.25, 0.3) is 0 Å². The van der Waals surface area contributed by atoms with E-state index in [1.54, 1.807) is 11.3 Å². The number of thiocarbonyl (C=S) groups is 1. The summed E-state index contributed by atoms with van der Waals surface area (Å²) in [6, 6.07) is 23.4. The van der Waals surface area contributed by atoms with Gasteiger partial charge in [0.15, 0.2) is 5.11 Å². The molecule has 0 saturated heterocycles. The summed E-state index contributed by atoms with van der Waals surface area (Å²) in [6.45, 7) is 5.13. The molecule has 134 valence electrons. The Morgan fingerprint density at radius 1 is 1.08 bits per heavy atom. The molecule has 0 saturated carbocycles. The van der Waals surface area contributed by atoms with E-state index in [0.29, 0.717) is 6.04 Å². The van der Waals surface area contributed by atoms with Gasteiger partial charge in [0.05, 0.1) is 0 Å². The second kappa shape index (κ2) is 8.97. The molecular weight excluding hydrogens is 356 g/mol. The predicted molar refractivity (Wildman–Crippen MR) is 117 cm³/mol. The molecule has 1 heterocycles. The third-order valence-electron chi connectivity index (χ3n) is 4.33. The highest BCUT2D eigenvalue weighted by atomic mass is 32.1. The topological polar surface area (TPSA) is 15.3 Å². The Hall–Kier alpha value is -2.17. The van der Waals surface area contributed by atoms with Crippen molar-refractivity contribution in [1.29, 1.82) is 0 Å². The highest BCUT2D eigenvalue weighted by molar-refractivity contribution is 7.80. The van der Waals surface area contributed by atoms with Crippen molar-refractivity contribution in [3.63, 3.8) is 0 Å². The monoisotopic (exact) mass is 380 g/mol. The normalized spacial score (nSPS) is 11.8. The van der Waals surface area contributed by atoms with Crippen LogP contribution in [0.3, 0.4) is 0 Å². The van der Waals surface area contributed by atoms with E-state index in [1.165, 1.54) is 16.0 Å². The molecule has 0 bridgehead atoms. The quantitative estimate of drug-likeness (QED) is 0.537. The van der Waals surface area contributed by atoms with Gasteiger partial charge in [-0.3, -0.25) is 0 Å². The Morgan fingerprint density at radius 2 is 1.88 bits per heavy atom. The predicted octanol–water partition coefficient (Wildman–Crippen LogP) is 5.89. The molecule has 2 nitrogen and oxygen atoms in total. The number of hydrogen-bond donors (Lipinski definition) is 1. The number of rotatable bonds is 6. The molecule has 0 fully saturated rings. The van der Waals surface area contributed by atoms with Gasteiger partial charge >= 0.3 is 0 Å². The van der Waals surface area contributed by atoms with Crippen LogP contribution in [0.25, 0.3) is 0 Å². The lowest BCUT2D eigenvalue weighted by Crippen LogP contribution is -2.41. The second-order valence-electron chi connectivity index (χ2n) is 6.55. The third-order valence-corrected chi connectivity index (χ3v) is 5.57. The first-order chi connectivity index (χ1) is 12.6. The van der Waals surface area contributed by atoms with Gasteiger partial charge in [-0.25, -0.2) is 0 Å². The van der Waals surface area contributed by atoms with Crippen molar-refractivity contribution in [1.82, 2.24) is 4.90 Å². The maximum absolute atomic E-state index is 5.79. The minimum absolute atomic E-state index is 0.304. The van der Waals surface area contributed by atoms with Crippen molar-refractivity contribution in [2.75, 3.05) is 5.32 Å². The Labute approximate surface area is 165 Å². The maximum atomic E-state index is 5.79. The van der Waals surface area contributed by atoms with Gasteiger partial charge in [-0.2, -0.15) is 0 Å². The number of thiophene rings is 1. The molecule has 0 radical (unpaired) electrons. The molecule has 4 heteroatoms. The van der Waals surface area contributed by atoms with E-state index in [1.807, 2.05) is 6.07 Å². The molecule has 1 aromatic heterocycles. The largest absolute Gasteiger partial charge is 0.342 e. The van der Waals surface area contributed by atoms with Gasteiger partial charge in [-0.15, -0.1) is 11.3 Å². The lowest BCUT2D eigenvalue weighted by molar-refractivity contribution is 0.326. The van der Waals surface area contributed by atoms with Crippen molar-refractivity contribution in [2.45, 2.75) is 32.9 Å². The molecule has 0 unspecified atom stereocenters. The van der Waals surface area contributed by atoms with Gasteiger partial charge in [0.2, 0.25) is 0 Å². The van der Waals surface area contributed by atoms with Crippen LogP contribution in [0.5, 0.6) is 0 Å². The van der Waals surface area contributed by atoms with Crippen LogP contribution in [-0.4, -0.2) is 16.1 Å². The molecule has 0 aliphatic heterocycles. The fourth-order valence-corrected chi connectivity index (χ4v) is 4.14. The highest BCUT2D eigenvalue weighted by Gasteiger charge is 2.18. The first-order valence-electron chi connectivity index (χ1n) is 8.82. The Bertz CT molecular complexity index is 828. The summed E-state index contributed by atoms with van der Waals surface area (Å²) in [5.41, 5.74) is 3.52. The zero-order valence-electron chi connectivity index (χ0n) is 15.2. The van der Waals surface area contributed by atoms with Gasteiger partial charge < -0.3 is 10.2 Å². The summed E-state index contributed by atoms with van der Waals surface area (Å²) in [6.07, 6.45) is 0.986. The van der Waals surface area contributed by atoms with Gasteiger partial charge in [-0.05, 0) is 60.8 Å². The number of anilines is 1. The molecule has 1 atom stereocenters. The van der Waals surface area contributed by atoms with E-state index < -0.39 is 0 Å². The van der Waals surface area contributed by atoms with Gasteiger partial charge in [-0.1, -0.05) is 48.5 Å². The average Bonchev–Trinajstić information content (AvgIpc) is 3.13. The van der Waals surface area contributed by atoms with E-state index in [-0.39, 0.29) is 0 Å². The zero-order valence-corrected chi connectivity index (χ0v) is 16.8. The highest BCUT2D eigenvalue weighted by Crippen LogP contribution is 2.19. The Morgan fingerprint density at radius 3 is 2.58 bits per heavy atom. The van der Waals surface area contributed by atoms with Crippen molar-refractivity contribution >= 4 is 34.4 Å². The Kier molecular flexibility index (Phi) is 6.42. The molecule has 1 N–H and O–H groups in total. The number of nitrogens with one attached hydrogen (secondary N) is 1. The van der Waals surface area contributed by atoms with Crippen LogP contribution in [0.1, 0.15) is 22.9 Å². The van der Waals surface area contributed by atoms with E-state index in [9.17, 15) is 0 Å². The number of nitrogens with zero attached hydrogens (tertiary/aromatic N) is 1. The molecule has 26 heavy (non-hydrogen) atoms. The maximum Gasteiger partial charge on any atom is 0.173 e. The fraction of sp³-hybridized carbons (Fsp3) is 0.227. The molecule has 3 rings (SSSR count).